The van der Waals surface area contributed by atoms with Crippen LogP contribution in [0.5, 0.6) is 0 Å². The summed E-state index contributed by atoms with van der Waals surface area (Å²) >= 11 is 12.9. The number of hydrogen-bond acceptors (Lipinski definition) is 5. The predicted molar refractivity (Wildman–Crippen MR) is 84.4 cm³/mol. The van der Waals surface area contributed by atoms with Crippen molar-refractivity contribution in [3.05, 3.63) is 50.8 Å². The largest absolute Gasteiger partial charge is 0.452 e. The van der Waals surface area contributed by atoms with Crippen molar-refractivity contribution in [2.24, 2.45) is 0 Å². The first-order valence-corrected chi connectivity index (χ1v) is 7.55. The lowest BCUT2D eigenvalue weighted by molar-refractivity contribution is -0.119. The molecule has 0 aliphatic rings. The molecule has 0 spiro atoms. The van der Waals surface area contributed by atoms with E-state index in [-0.39, 0.29) is 15.6 Å². The smallest absolute Gasteiger partial charge is 0.341 e. The second kappa shape index (κ2) is 7.27. The van der Waals surface area contributed by atoms with Gasteiger partial charge in [0.2, 0.25) is 0 Å². The van der Waals surface area contributed by atoms with Crippen molar-refractivity contribution in [3.8, 4) is 6.07 Å². The van der Waals surface area contributed by atoms with Gasteiger partial charge in [0.25, 0.3) is 5.91 Å². The number of nitriles is 1. The molecule has 112 valence electrons. The second-order valence-corrected chi connectivity index (χ2v) is 5.73. The second-order valence-electron chi connectivity index (χ2n) is 4.00. The van der Waals surface area contributed by atoms with Crippen LogP contribution in [-0.4, -0.2) is 18.5 Å². The van der Waals surface area contributed by atoms with Gasteiger partial charge in [-0.3, -0.25) is 4.79 Å². The van der Waals surface area contributed by atoms with Crippen LogP contribution >= 0.6 is 34.5 Å². The third-order valence-corrected chi connectivity index (χ3v) is 4.00. The molecule has 1 heterocycles. The molecule has 0 fully saturated rings. The SMILES string of the molecule is N#Cc1ccsc1NC(=O)COC(=O)c1c(Cl)cccc1Cl. The van der Waals surface area contributed by atoms with E-state index in [4.69, 9.17) is 33.2 Å². The molecule has 0 bridgehead atoms. The number of esters is 1. The molecule has 1 N–H and O–H groups in total. The van der Waals surface area contributed by atoms with E-state index in [1.165, 1.54) is 23.5 Å². The van der Waals surface area contributed by atoms with Gasteiger partial charge in [0.15, 0.2) is 6.61 Å². The highest BCUT2D eigenvalue weighted by molar-refractivity contribution is 7.14. The molecule has 0 saturated heterocycles. The maximum absolute atomic E-state index is 11.9. The van der Waals surface area contributed by atoms with Gasteiger partial charge in [-0.1, -0.05) is 29.3 Å². The summed E-state index contributed by atoms with van der Waals surface area (Å²) in [5.41, 5.74) is 0.353. The number of carbonyl (C=O) groups excluding carboxylic acids is 2. The Bertz CT molecular complexity index is 747. The fourth-order valence-corrected chi connectivity index (χ4v) is 2.86. The first-order chi connectivity index (χ1) is 10.5. The lowest BCUT2D eigenvalue weighted by Gasteiger charge is -2.08. The Kier molecular flexibility index (Phi) is 5.39. The zero-order valence-corrected chi connectivity index (χ0v) is 13.3. The van der Waals surface area contributed by atoms with Crippen LogP contribution in [0.2, 0.25) is 10.0 Å². The number of benzene rings is 1. The lowest BCUT2D eigenvalue weighted by atomic mass is 10.2. The molecule has 1 aromatic carbocycles. The summed E-state index contributed by atoms with van der Waals surface area (Å²) in [7, 11) is 0. The topological polar surface area (TPSA) is 79.2 Å². The molecular formula is C14H8Cl2N2O3S. The van der Waals surface area contributed by atoms with Crippen LogP contribution in [0.3, 0.4) is 0 Å². The number of hydrogen-bond donors (Lipinski definition) is 1. The van der Waals surface area contributed by atoms with Crippen molar-refractivity contribution >= 4 is 51.4 Å². The Labute approximate surface area is 140 Å². The Morgan fingerprint density at radius 3 is 2.59 bits per heavy atom. The summed E-state index contributed by atoms with van der Waals surface area (Å²) < 4.78 is 4.88. The van der Waals surface area contributed by atoms with Crippen molar-refractivity contribution in [1.82, 2.24) is 0 Å². The molecule has 2 aromatic rings. The third-order valence-electron chi connectivity index (χ3n) is 2.54. The van der Waals surface area contributed by atoms with E-state index >= 15 is 0 Å². The zero-order chi connectivity index (χ0) is 16.1. The minimum absolute atomic E-state index is 0.00692. The fourth-order valence-electron chi connectivity index (χ4n) is 1.55. The molecular weight excluding hydrogens is 347 g/mol. The van der Waals surface area contributed by atoms with Crippen molar-refractivity contribution in [2.45, 2.75) is 0 Å². The average Bonchev–Trinajstić information content (AvgIpc) is 2.92. The molecule has 0 radical (unpaired) electrons. The Balaban J connectivity index is 1.97. The summed E-state index contributed by atoms with van der Waals surface area (Å²) in [5.74, 6) is -1.35. The summed E-state index contributed by atoms with van der Waals surface area (Å²) in [4.78, 5) is 23.6. The van der Waals surface area contributed by atoms with Crippen LogP contribution in [0.4, 0.5) is 5.00 Å². The maximum Gasteiger partial charge on any atom is 0.341 e. The highest BCUT2D eigenvalue weighted by Gasteiger charge is 2.17. The summed E-state index contributed by atoms with van der Waals surface area (Å²) in [5, 5.41) is 13.7. The number of carbonyl (C=O) groups is 2. The van der Waals surface area contributed by atoms with E-state index in [0.717, 1.165) is 0 Å². The minimum atomic E-state index is -0.794. The number of nitrogens with zero attached hydrogens (tertiary/aromatic N) is 1. The Hall–Kier alpha value is -2.07. The van der Waals surface area contributed by atoms with Crippen LogP contribution in [0.15, 0.2) is 29.6 Å². The molecule has 0 atom stereocenters. The molecule has 0 saturated carbocycles. The molecule has 8 heteroatoms. The number of anilines is 1. The molecule has 0 aliphatic carbocycles. The van der Waals surface area contributed by atoms with Gasteiger partial charge in [-0.15, -0.1) is 11.3 Å². The summed E-state index contributed by atoms with van der Waals surface area (Å²) in [6, 6.07) is 8.10. The predicted octanol–water partition coefficient (Wildman–Crippen LogP) is 3.72. The number of halogens is 2. The summed E-state index contributed by atoms with van der Waals surface area (Å²) in [6.45, 7) is -0.511. The van der Waals surface area contributed by atoms with Crippen molar-refractivity contribution < 1.29 is 14.3 Å². The number of ether oxygens (including phenoxy) is 1. The minimum Gasteiger partial charge on any atom is -0.452 e. The first kappa shape index (κ1) is 16.3. The quantitative estimate of drug-likeness (QED) is 0.848. The number of amides is 1. The van der Waals surface area contributed by atoms with Crippen LogP contribution in [0.1, 0.15) is 15.9 Å². The van der Waals surface area contributed by atoms with E-state index in [9.17, 15) is 9.59 Å². The average molecular weight is 355 g/mol. The van der Waals surface area contributed by atoms with Crippen LogP contribution < -0.4 is 5.32 Å². The number of nitrogens with one attached hydrogen (secondary N) is 1. The number of thiophene rings is 1. The van der Waals surface area contributed by atoms with Gasteiger partial charge in [-0.05, 0) is 23.6 Å². The maximum atomic E-state index is 11.9. The molecule has 1 amide bonds. The van der Waals surface area contributed by atoms with E-state index in [0.29, 0.717) is 10.6 Å². The fraction of sp³-hybridized carbons (Fsp3) is 0.0714. The first-order valence-electron chi connectivity index (χ1n) is 5.91. The molecule has 22 heavy (non-hydrogen) atoms. The van der Waals surface area contributed by atoms with Crippen LogP contribution in [0, 0.1) is 11.3 Å². The van der Waals surface area contributed by atoms with Gasteiger partial charge < -0.3 is 10.1 Å². The van der Waals surface area contributed by atoms with Gasteiger partial charge in [-0.25, -0.2) is 4.79 Å². The standard InChI is InChI=1S/C14H8Cl2N2O3S/c15-9-2-1-3-10(16)12(9)14(20)21-7-11(19)18-13-8(6-17)4-5-22-13/h1-5H,7H2,(H,18,19). The third kappa shape index (κ3) is 3.77. The summed E-state index contributed by atoms with van der Waals surface area (Å²) in [6.07, 6.45) is 0. The molecule has 2 rings (SSSR count). The van der Waals surface area contributed by atoms with E-state index in [1.807, 2.05) is 6.07 Å². The molecule has 5 nitrogen and oxygen atoms in total. The molecule has 0 unspecified atom stereocenters. The van der Waals surface area contributed by atoms with Crippen molar-refractivity contribution in [1.29, 1.82) is 5.26 Å². The monoisotopic (exact) mass is 354 g/mol. The van der Waals surface area contributed by atoms with Crippen LogP contribution in [-0.2, 0) is 9.53 Å². The van der Waals surface area contributed by atoms with Crippen molar-refractivity contribution in [3.63, 3.8) is 0 Å². The van der Waals surface area contributed by atoms with Gasteiger partial charge >= 0.3 is 5.97 Å². The Morgan fingerprint density at radius 1 is 1.27 bits per heavy atom. The molecule has 1 aromatic heterocycles. The van der Waals surface area contributed by atoms with Gasteiger partial charge in [0, 0.05) is 0 Å². The lowest BCUT2D eigenvalue weighted by Crippen LogP contribution is -2.21. The van der Waals surface area contributed by atoms with Gasteiger partial charge in [-0.2, -0.15) is 5.26 Å². The molecule has 0 aliphatic heterocycles. The highest BCUT2D eigenvalue weighted by atomic mass is 35.5. The van der Waals surface area contributed by atoms with E-state index < -0.39 is 18.5 Å². The zero-order valence-electron chi connectivity index (χ0n) is 10.9. The van der Waals surface area contributed by atoms with Crippen LogP contribution in [0.25, 0.3) is 0 Å². The van der Waals surface area contributed by atoms with E-state index in [2.05, 4.69) is 5.32 Å². The van der Waals surface area contributed by atoms with Crippen molar-refractivity contribution in [2.75, 3.05) is 11.9 Å². The normalized spacial score (nSPS) is 9.86. The Morgan fingerprint density at radius 2 is 1.95 bits per heavy atom. The highest BCUT2D eigenvalue weighted by Crippen LogP contribution is 2.25. The van der Waals surface area contributed by atoms with E-state index in [1.54, 1.807) is 17.5 Å². The number of rotatable bonds is 4. The van der Waals surface area contributed by atoms with Gasteiger partial charge in [0.1, 0.15) is 11.1 Å². The van der Waals surface area contributed by atoms with Gasteiger partial charge in [0.05, 0.1) is 21.2 Å².